The van der Waals surface area contributed by atoms with Gasteiger partial charge in [0.15, 0.2) is 4.32 Å². The molecule has 0 N–H and O–H groups in total. The summed E-state index contributed by atoms with van der Waals surface area (Å²) in [4.78, 5) is 15.2. The predicted octanol–water partition coefficient (Wildman–Crippen LogP) is 5.24. The molecule has 5 heteroatoms. The van der Waals surface area contributed by atoms with Gasteiger partial charge in [0, 0.05) is 0 Å². The summed E-state index contributed by atoms with van der Waals surface area (Å²) in [6.45, 7) is 5.80. The number of amides is 1. The average Bonchev–Trinajstić information content (AvgIpc) is 2.83. The van der Waals surface area contributed by atoms with Crippen LogP contribution >= 0.6 is 24.0 Å². The Balaban J connectivity index is 2.06. The van der Waals surface area contributed by atoms with Gasteiger partial charge in [-0.15, -0.1) is 0 Å². The van der Waals surface area contributed by atoms with E-state index in [1.54, 1.807) is 17.0 Å². The number of rotatable bonds is 2. The van der Waals surface area contributed by atoms with Crippen molar-refractivity contribution in [3.05, 3.63) is 69.9 Å². The van der Waals surface area contributed by atoms with Crippen molar-refractivity contribution >= 4 is 45.5 Å². The molecule has 2 aromatic carbocycles. The minimum Gasteiger partial charge on any atom is -0.268 e. The Morgan fingerprint density at radius 2 is 1.67 bits per heavy atom. The van der Waals surface area contributed by atoms with Gasteiger partial charge < -0.3 is 0 Å². The van der Waals surface area contributed by atoms with Crippen molar-refractivity contribution in [2.45, 2.75) is 20.8 Å². The number of para-hydroxylation sites is 1. The molecule has 1 heterocycles. The highest BCUT2D eigenvalue weighted by Crippen LogP contribution is 2.41. The lowest BCUT2D eigenvalue weighted by Gasteiger charge is -2.19. The fraction of sp³-hybridized carbons (Fsp3) is 0.158. The molecule has 0 spiro atoms. The van der Waals surface area contributed by atoms with Gasteiger partial charge in [-0.25, -0.2) is 4.39 Å². The maximum Gasteiger partial charge on any atom is 0.271 e. The molecule has 0 unspecified atom stereocenters. The molecule has 1 fully saturated rings. The highest BCUT2D eigenvalue weighted by molar-refractivity contribution is 8.27. The molecule has 2 aromatic rings. The molecule has 0 atom stereocenters. The number of thioether (sulfide) groups is 1. The maximum absolute atomic E-state index is 13.1. The summed E-state index contributed by atoms with van der Waals surface area (Å²) in [7, 11) is 0. The summed E-state index contributed by atoms with van der Waals surface area (Å²) in [5.74, 6) is -0.418. The number of thiocarbonyl (C=S) groups is 1. The molecule has 1 amide bonds. The second-order valence-corrected chi connectivity index (χ2v) is 7.35. The molecule has 24 heavy (non-hydrogen) atoms. The zero-order valence-corrected chi connectivity index (χ0v) is 15.2. The lowest BCUT2D eigenvalue weighted by Crippen LogP contribution is -2.29. The van der Waals surface area contributed by atoms with Gasteiger partial charge >= 0.3 is 0 Å². The molecule has 2 nitrogen and oxygen atoms in total. The van der Waals surface area contributed by atoms with Crippen LogP contribution in [-0.2, 0) is 4.79 Å². The fourth-order valence-electron chi connectivity index (χ4n) is 2.78. The quantitative estimate of drug-likeness (QED) is 0.542. The van der Waals surface area contributed by atoms with Crippen molar-refractivity contribution in [2.75, 3.05) is 4.90 Å². The van der Waals surface area contributed by atoms with Crippen molar-refractivity contribution in [1.82, 2.24) is 0 Å². The number of hydrogen-bond acceptors (Lipinski definition) is 3. The number of carbonyl (C=O) groups is 1. The summed E-state index contributed by atoms with van der Waals surface area (Å²) in [6.07, 6.45) is 0. The number of hydrogen-bond donors (Lipinski definition) is 0. The van der Waals surface area contributed by atoms with E-state index in [-0.39, 0.29) is 11.7 Å². The van der Waals surface area contributed by atoms with Gasteiger partial charge in [0.05, 0.1) is 10.6 Å². The second-order valence-electron chi connectivity index (χ2n) is 5.71. The first-order chi connectivity index (χ1) is 11.4. The molecule has 0 radical (unpaired) electrons. The topological polar surface area (TPSA) is 20.3 Å². The third-order valence-electron chi connectivity index (χ3n) is 4.05. The van der Waals surface area contributed by atoms with Gasteiger partial charge in [-0.2, -0.15) is 0 Å². The van der Waals surface area contributed by atoms with Crippen LogP contribution < -0.4 is 4.90 Å². The SMILES string of the molecule is C/C(=C1/SC(=S)N(c2c(C)cccc2C)C1=O)c1ccc(F)cc1. The summed E-state index contributed by atoms with van der Waals surface area (Å²) in [6, 6.07) is 12.0. The Morgan fingerprint density at radius 3 is 2.25 bits per heavy atom. The number of nitrogens with zero attached hydrogens (tertiary/aromatic N) is 1. The Morgan fingerprint density at radius 1 is 1.08 bits per heavy atom. The van der Waals surface area contributed by atoms with E-state index in [2.05, 4.69) is 0 Å². The fourth-order valence-corrected chi connectivity index (χ4v) is 4.09. The monoisotopic (exact) mass is 357 g/mol. The Bertz CT molecular complexity index is 851. The standard InChI is InChI=1S/C19H16FNOS2/c1-11-5-4-6-12(2)16(11)21-18(22)17(24-19(21)23)13(3)14-7-9-15(20)10-8-14/h4-10H,1-3H3/b17-13-. The van der Waals surface area contributed by atoms with Crippen molar-refractivity contribution in [1.29, 1.82) is 0 Å². The average molecular weight is 357 g/mol. The molecule has 3 rings (SSSR count). The molecule has 1 saturated heterocycles. The third-order valence-corrected chi connectivity index (χ3v) is 5.52. The van der Waals surface area contributed by atoms with Crippen LogP contribution in [0.25, 0.3) is 5.57 Å². The van der Waals surface area contributed by atoms with Gasteiger partial charge in [-0.05, 0) is 55.2 Å². The van der Waals surface area contributed by atoms with Crippen LogP contribution in [0.4, 0.5) is 10.1 Å². The van der Waals surface area contributed by atoms with Crippen molar-refractivity contribution in [3.63, 3.8) is 0 Å². The zero-order valence-electron chi connectivity index (χ0n) is 13.6. The highest BCUT2D eigenvalue weighted by Gasteiger charge is 2.36. The predicted molar refractivity (Wildman–Crippen MR) is 103 cm³/mol. The molecular formula is C19H16FNOS2. The lowest BCUT2D eigenvalue weighted by atomic mass is 10.1. The Labute approximate surface area is 150 Å². The molecule has 1 aliphatic heterocycles. The van der Waals surface area contributed by atoms with Gasteiger partial charge in [0.25, 0.3) is 5.91 Å². The minimum absolute atomic E-state index is 0.121. The molecule has 1 aliphatic rings. The molecule has 0 aliphatic carbocycles. The van der Waals surface area contributed by atoms with Crippen LogP contribution in [0.2, 0.25) is 0 Å². The first-order valence-electron chi connectivity index (χ1n) is 7.49. The summed E-state index contributed by atoms with van der Waals surface area (Å²) in [5, 5.41) is 0. The van der Waals surface area contributed by atoms with Crippen LogP contribution in [-0.4, -0.2) is 10.2 Å². The summed E-state index contributed by atoms with van der Waals surface area (Å²) >= 11 is 6.75. The van der Waals surface area contributed by atoms with Gasteiger partial charge in [-0.1, -0.05) is 54.3 Å². The molecule has 0 aromatic heterocycles. The van der Waals surface area contributed by atoms with E-state index in [0.717, 1.165) is 28.0 Å². The Hall–Kier alpha value is -1.98. The lowest BCUT2D eigenvalue weighted by molar-refractivity contribution is -0.113. The Kier molecular flexibility index (Phi) is 4.56. The molecule has 0 saturated carbocycles. The van der Waals surface area contributed by atoms with E-state index in [4.69, 9.17) is 12.2 Å². The van der Waals surface area contributed by atoms with Crippen LogP contribution in [0.1, 0.15) is 23.6 Å². The first kappa shape index (κ1) is 16.9. The third kappa shape index (κ3) is 2.89. The minimum atomic E-state index is -0.297. The number of halogens is 1. The number of anilines is 1. The number of carbonyl (C=O) groups excluding carboxylic acids is 1. The van der Waals surface area contributed by atoms with Crippen molar-refractivity contribution in [2.24, 2.45) is 0 Å². The van der Waals surface area contributed by atoms with E-state index in [1.807, 2.05) is 39.0 Å². The smallest absolute Gasteiger partial charge is 0.268 e. The van der Waals surface area contributed by atoms with E-state index in [0.29, 0.717) is 9.23 Å². The summed E-state index contributed by atoms with van der Waals surface area (Å²) < 4.78 is 13.6. The summed E-state index contributed by atoms with van der Waals surface area (Å²) in [5.41, 5.74) is 4.49. The number of benzene rings is 2. The van der Waals surface area contributed by atoms with Crippen LogP contribution in [0.3, 0.4) is 0 Å². The normalized spacial score (nSPS) is 16.8. The van der Waals surface area contributed by atoms with Crippen molar-refractivity contribution < 1.29 is 9.18 Å². The van der Waals surface area contributed by atoms with Gasteiger partial charge in [0.2, 0.25) is 0 Å². The second kappa shape index (κ2) is 6.49. The molecule has 122 valence electrons. The first-order valence-corrected chi connectivity index (χ1v) is 8.72. The van der Waals surface area contributed by atoms with E-state index in [9.17, 15) is 9.18 Å². The van der Waals surface area contributed by atoms with Gasteiger partial charge in [-0.3, -0.25) is 9.69 Å². The molecular weight excluding hydrogens is 341 g/mol. The van der Waals surface area contributed by atoms with Gasteiger partial charge in [0.1, 0.15) is 5.82 Å². The number of aryl methyl sites for hydroxylation is 2. The highest BCUT2D eigenvalue weighted by atomic mass is 32.2. The van der Waals surface area contributed by atoms with Crippen LogP contribution in [0.5, 0.6) is 0 Å². The van der Waals surface area contributed by atoms with E-state index in [1.165, 1.54) is 23.9 Å². The largest absolute Gasteiger partial charge is 0.271 e. The molecule has 0 bridgehead atoms. The number of allylic oxidation sites excluding steroid dienone is 1. The van der Waals surface area contributed by atoms with E-state index < -0.39 is 0 Å². The van der Waals surface area contributed by atoms with Crippen LogP contribution in [0.15, 0.2) is 47.4 Å². The van der Waals surface area contributed by atoms with E-state index >= 15 is 0 Å². The van der Waals surface area contributed by atoms with Crippen molar-refractivity contribution in [3.8, 4) is 0 Å². The maximum atomic E-state index is 13.1. The zero-order chi connectivity index (χ0) is 17.4. The van der Waals surface area contributed by atoms with Crippen LogP contribution in [0, 0.1) is 19.7 Å².